The lowest BCUT2D eigenvalue weighted by atomic mass is 9.53. The average Bonchev–Trinajstić information content (AvgIpc) is 3.17. The summed E-state index contributed by atoms with van der Waals surface area (Å²) in [4.78, 5) is 18.3. The number of methoxy groups -OCH3 is 2. The Balaban J connectivity index is 1.50. The van der Waals surface area contributed by atoms with E-state index in [4.69, 9.17) is 14.2 Å². The van der Waals surface area contributed by atoms with Gasteiger partial charge in [0.25, 0.3) is 0 Å². The minimum Gasteiger partial charge on any atom is -0.493 e. The van der Waals surface area contributed by atoms with Crippen LogP contribution in [0.25, 0.3) is 0 Å². The maximum Gasteiger partial charge on any atom is 0.229 e. The van der Waals surface area contributed by atoms with Gasteiger partial charge < -0.3 is 19.1 Å². The first-order valence-electron chi connectivity index (χ1n) is 10.8. The van der Waals surface area contributed by atoms with Crippen LogP contribution in [0.2, 0.25) is 0 Å². The molecule has 5 heterocycles. The van der Waals surface area contributed by atoms with Crippen molar-refractivity contribution >= 4 is 11.6 Å². The molecule has 1 saturated carbocycles. The number of piperidine rings is 2. The van der Waals surface area contributed by atoms with Crippen molar-refractivity contribution in [2.75, 3.05) is 38.8 Å². The van der Waals surface area contributed by atoms with E-state index in [9.17, 15) is 4.79 Å². The van der Waals surface area contributed by atoms with E-state index >= 15 is 0 Å². The molecule has 0 radical (unpaired) electrons. The van der Waals surface area contributed by atoms with Crippen molar-refractivity contribution in [2.45, 2.75) is 42.9 Å². The molecular formula is C23H26N2O4. The maximum atomic E-state index is 13.4. The van der Waals surface area contributed by atoms with Crippen molar-refractivity contribution in [1.82, 2.24) is 4.90 Å². The fourth-order valence-electron chi connectivity index (χ4n) is 7.81. The lowest BCUT2D eigenvalue weighted by molar-refractivity contribution is -0.134. The number of rotatable bonds is 2. The van der Waals surface area contributed by atoms with E-state index in [1.54, 1.807) is 19.8 Å². The number of benzene rings is 1. The monoisotopic (exact) mass is 394 g/mol. The van der Waals surface area contributed by atoms with Crippen LogP contribution >= 0.6 is 0 Å². The zero-order valence-corrected chi connectivity index (χ0v) is 16.9. The van der Waals surface area contributed by atoms with Gasteiger partial charge in [0.15, 0.2) is 11.5 Å². The Morgan fingerprint density at radius 1 is 1.21 bits per heavy atom. The van der Waals surface area contributed by atoms with Crippen LogP contribution in [0.3, 0.4) is 0 Å². The van der Waals surface area contributed by atoms with E-state index in [0.717, 1.165) is 37.4 Å². The number of carbonyl (C=O) groups is 1. The number of carbonyl (C=O) groups excluding carboxylic acids is 1. The second-order valence-electron chi connectivity index (χ2n) is 9.54. The highest BCUT2D eigenvalue weighted by atomic mass is 16.5. The number of amides is 1. The summed E-state index contributed by atoms with van der Waals surface area (Å²) in [5.74, 6) is 2.55. The van der Waals surface area contributed by atoms with Crippen molar-refractivity contribution in [2.24, 2.45) is 11.8 Å². The highest BCUT2D eigenvalue weighted by Gasteiger charge is 2.69. The summed E-state index contributed by atoms with van der Waals surface area (Å²) in [5.41, 5.74) is 3.88. The van der Waals surface area contributed by atoms with Crippen LogP contribution in [0, 0.1) is 11.8 Å². The topological polar surface area (TPSA) is 51.2 Å². The predicted molar refractivity (Wildman–Crippen MR) is 107 cm³/mol. The van der Waals surface area contributed by atoms with Gasteiger partial charge in [0.2, 0.25) is 5.91 Å². The van der Waals surface area contributed by atoms with Crippen molar-refractivity contribution in [3.05, 3.63) is 29.3 Å². The maximum absolute atomic E-state index is 13.4. The number of anilines is 1. The molecule has 0 unspecified atom stereocenters. The van der Waals surface area contributed by atoms with Gasteiger partial charge in [-0.2, -0.15) is 0 Å². The quantitative estimate of drug-likeness (QED) is 0.719. The molecule has 6 aliphatic rings. The van der Waals surface area contributed by atoms with Crippen LogP contribution in [0.15, 0.2) is 23.8 Å². The van der Waals surface area contributed by atoms with Gasteiger partial charge in [0.1, 0.15) is 0 Å². The van der Waals surface area contributed by atoms with E-state index in [0.29, 0.717) is 36.7 Å². The van der Waals surface area contributed by atoms with Crippen molar-refractivity contribution < 1.29 is 19.0 Å². The minimum absolute atomic E-state index is 0.00526. The average molecular weight is 394 g/mol. The smallest absolute Gasteiger partial charge is 0.229 e. The standard InChI is InChI=1S/C23H26N2O4/c1-27-16-7-13-14(8-17(16)28-2)25-19(26)9-18-21-20-12(3-6-29-18)11-24-5-4-23(13,22(21)25)10-15(20)24/h3,7-8,15,18,20-22H,4-6,9-11H2,1-2H3/t15-,18+,20-,21+,22+,23+/m0/s1. The summed E-state index contributed by atoms with van der Waals surface area (Å²) >= 11 is 0. The van der Waals surface area contributed by atoms with Crippen LogP contribution < -0.4 is 14.4 Å². The predicted octanol–water partition coefficient (Wildman–Crippen LogP) is 2.11. The summed E-state index contributed by atoms with van der Waals surface area (Å²) in [5, 5.41) is 0. The lowest BCUT2D eigenvalue weighted by Gasteiger charge is -2.58. The number of ether oxygens (including phenoxy) is 3. The van der Waals surface area contributed by atoms with Gasteiger partial charge in [0, 0.05) is 35.9 Å². The van der Waals surface area contributed by atoms with E-state index in [1.165, 1.54) is 5.56 Å². The number of fused-ring (bicyclic) bond motifs is 2. The molecular weight excluding hydrogens is 368 g/mol. The first-order chi connectivity index (χ1) is 14.2. The third-order valence-corrected chi connectivity index (χ3v) is 8.77. The van der Waals surface area contributed by atoms with Crippen LogP contribution in [-0.4, -0.2) is 62.9 Å². The normalized spacial score (nSPS) is 41.0. The van der Waals surface area contributed by atoms with Gasteiger partial charge in [-0.3, -0.25) is 9.69 Å². The molecule has 2 bridgehead atoms. The molecule has 6 atom stereocenters. The third-order valence-electron chi connectivity index (χ3n) is 8.77. The Labute approximate surface area is 170 Å². The molecule has 1 spiro atoms. The second kappa shape index (κ2) is 5.35. The van der Waals surface area contributed by atoms with Crippen molar-refractivity contribution in [1.29, 1.82) is 0 Å². The van der Waals surface area contributed by atoms with Gasteiger partial charge in [-0.25, -0.2) is 0 Å². The molecule has 1 aromatic carbocycles. The molecule has 7 rings (SSSR count). The summed E-state index contributed by atoms with van der Waals surface area (Å²) in [6.45, 7) is 2.83. The zero-order chi connectivity index (χ0) is 19.5. The minimum atomic E-state index is -0.00526. The lowest BCUT2D eigenvalue weighted by Crippen LogP contribution is -2.68. The van der Waals surface area contributed by atoms with Gasteiger partial charge in [0.05, 0.1) is 45.1 Å². The van der Waals surface area contributed by atoms with Crippen LogP contribution in [0.4, 0.5) is 5.69 Å². The van der Waals surface area contributed by atoms with Gasteiger partial charge in [-0.15, -0.1) is 0 Å². The highest BCUT2D eigenvalue weighted by molar-refractivity contribution is 5.99. The highest BCUT2D eigenvalue weighted by Crippen LogP contribution is 2.65. The summed E-state index contributed by atoms with van der Waals surface area (Å²) in [6, 6.07) is 4.95. The van der Waals surface area contributed by atoms with E-state index in [-0.39, 0.29) is 23.5 Å². The Morgan fingerprint density at radius 3 is 2.86 bits per heavy atom. The summed E-state index contributed by atoms with van der Waals surface area (Å²) < 4.78 is 17.6. The molecule has 6 heteroatoms. The number of nitrogens with zero attached hydrogens (tertiary/aromatic N) is 2. The molecule has 0 aromatic heterocycles. The Bertz CT molecular complexity index is 974. The number of hydrogen-bond donors (Lipinski definition) is 0. The molecule has 1 aliphatic carbocycles. The van der Waals surface area contributed by atoms with Gasteiger partial charge >= 0.3 is 0 Å². The molecule has 152 valence electrons. The molecule has 6 nitrogen and oxygen atoms in total. The molecule has 0 N–H and O–H groups in total. The van der Waals surface area contributed by atoms with Gasteiger partial charge in [-0.1, -0.05) is 11.6 Å². The van der Waals surface area contributed by atoms with Crippen molar-refractivity contribution in [3.8, 4) is 11.5 Å². The molecule has 1 amide bonds. The summed E-state index contributed by atoms with van der Waals surface area (Å²) in [7, 11) is 3.36. The van der Waals surface area contributed by atoms with Gasteiger partial charge in [-0.05, 0) is 31.0 Å². The number of hydrogen-bond acceptors (Lipinski definition) is 5. The van der Waals surface area contributed by atoms with E-state index < -0.39 is 0 Å². The molecule has 3 saturated heterocycles. The third kappa shape index (κ3) is 1.80. The molecule has 4 fully saturated rings. The largest absolute Gasteiger partial charge is 0.493 e. The Hall–Kier alpha value is -2.05. The van der Waals surface area contributed by atoms with Crippen LogP contribution in [-0.2, 0) is 14.9 Å². The first-order valence-corrected chi connectivity index (χ1v) is 10.8. The fourth-order valence-corrected chi connectivity index (χ4v) is 7.81. The van der Waals surface area contributed by atoms with Crippen LogP contribution in [0.1, 0.15) is 24.8 Å². The SMILES string of the molecule is COc1cc2c(cc1OC)[C@]13CCN4CC5=CCO[C@@H]6CC(=O)N2[C@@H]1[C@H]6[C@@H]5[C@@H]4C3. The van der Waals surface area contributed by atoms with E-state index in [2.05, 4.69) is 21.9 Å². The molecule has 29 heavy (non-hydrogen) atoms. The second-order valence-corrected chi connectivity index (χ2v) is 9.54. The van der Waals surface area contributed by atoms with Crippen molar-refractivity contribution in [3.63, 3.8) is 0 Å². The van der Waals surface area contributed by atoms with Crippen LogP contribution in [0.5, 0.6) is 11.5 Å². The van der Waals surface area contributed by atoms with E-state index in [1.807, 2.05) is 6.07 Å². The fraction of sp³-hybridized carbons (Fsp3) is 0.609. The Kier molecular flexibility index (Phi) is 3.08. The molecule has 5 aliphatic heterocycles. The first kappa shape index (κ1) is 16.7. The Morgan fingerprint density at radius 2 is 2.03 bits per heavy atom. The zero-order valence-electron chi connectivity index (χ0n) is 16.9. The summed E-state index contributed by atoms with van der Waals surface area (Å²) in [6.07, 6.45) is 5.03. The molecule has 1 aromatic rings.